The molecule has 23 heavy (non-hydrogen) atoms. The summed E-state index contributed by atoms with van der Waals surface area (Å²) in [5.41, 5.74) is 1.76. The van der Waals surface area contributed by atoms with Crippen LogP contribution in [0.5, 0.6) is 0 Å². The van der Waals surface area contributed by atoms with Crippen LogP contribution < -0.4 is 5.32 Å². The van der Waals surface area contributed by atoms with Crippen molar-refractivity contribution >= 4 is 12.4 Å². The molecule has 0 amide bonds. The minimum absolute atomic E-state index is 0. The molecule has 4 nitrogen and oxygen atoms in total. The first-order valence-electron chi connectivity index (χ1n) is 8.35. The molecule has 2 aliphatic rings. The minimum atomic E-state index is 0. The van der Waals surface area contributed by atoms with Crippen molar-refractivity contribution in [1.29, 1.82) is 0 Å². The van der Waals surface area contributed by atoms with Gasteiger partial charge in [0.25, 0.3) is 0 Å². The number of halogens is 1. The van der Waals surface area contributed by atoms with E-state index in [0.29, 0.717) is 5.41 Å². The van der Waals surface area contributed by atoms with E-state index in [1.165, 1.54) is 51.1 Å². The lowest BCUT2D eigenvalue weighted by atomic mass is 9.78. The van der Waals surface area contributed by atoms with Crippen LogP contribution in [0, 0.1) is 5.41 Å². The fraction of sp³-hybridized carbons (Fsp3) is 0.500. The van der Waals surface area contributed by atoms with E-state index in [9.17, 15) is 0 Å². The van der Waals surface area contributed by atoms with Gasteiger partial charge in [-0.1, -0.05) is 18.2 Å². The van der Waals surface area contributed by atoms with Gasteiger partial charge in [0.05, 0.1) is 6.54 Å². The number of rotatable bonds is 3. The lowest BCUT2D eigenvalue weighted by Gasteiger charge is -2.33. The number of benzene rings is 1. The number of nitrogens with one attached hydrogen (secondary N) is 1. The summed E-state index contributed by atoms with van der Waals surface area (Å²) < 4.78 is 2.22. The fourth-order valence-electron chi connectivity index (χ4n) is 4.00. The molecule has 0 unspecified atom stereocenters. The zero-order valence-corrected chi connectivity index (χ0v) is 14.3. The summed E-state index contributed by atoms with van der Waals surface area (Å²) in [7, 11) is 0. The maximum absolute atomic E-state index is 4.60. The molecule has 3 heterocycles. The van der Waals surface area contributed by atoms with Crippen molar-refractivity contribution in [2.75, 3.05) is 26.2 Å². The molecule has 5 heteroatoms. The van der Waals surface area contributed by atoms with Crippen LogP contribution >= 0.6 is 12.4 Å². The number of aromatic nitrogens is 2. The quantitative estimate of drug-likeness (QED) is 0.938. The maximum Gasteiger partial charge on any atom is 0.127 e. The highest BCUT2D eigenvalue weighted by Crippen LogP contribution is 2.38. The molecular weight excluding hydrogens is 308 g/mol. The average Bonchev–Trinajstić information content (AvgIpc) is 3.17. The van der Waals surface area contributed by atoms with E-state index in [0.717, 1.165) is 12.4 Å². The first-order valence-corrected chi connectivity index (χ1v) is 8.35. The first-order chi connectivity index (χ1) is 10.8. The Bertz CT molecular complexity index is 619. The van der Waals surface area contributed by atoms with Crippen molar-refractivity contribution < 1.29 is 0 Å². The molecule has 0 aliphatic carbocycles. The van der Waals surface area contributed by atoms with Crippen LogP contribution in [0.2, 0.25) is 0 Å². The molecule has 1 spiro atoms. The van der Waals surface area contributed by atoms with Crippen molar-refractivity contribution in [2.24, 2.45) is 5.41 Å². The second-order valence-electron chi connectivity index (χ2n) is 6.76. The Morgan fingerprint density at radius 2 is 1.87 bits per heavy atom. The van der Waals surface area contributed by atoms with E-state index in [2.05, 4.69) is 56.3 Å². The third kappa shape index (κ3) is 3.44. The summed E-state index contributed by atoms with van der Waals surface area (Å²) in [6.45, 7) is 5.77. The number of hydrogen-bond acceptors (Lipinski definition) is 3. The second kappa shape index (κ2) is 7.04. The molecule has 2 saturated heterocycles. The van der Waals surface area contributed by atoms with E-state index < -0.39 is 0 Å². The van der Waals surface area contributed by atoms with Crippen molar-refractivity contribution in [2.45, 2.75) is 25.8 Å². The highest BCUT2D eigenvalue weighted by Gasteiger charge is 2.38. The molecule has 0 saturated carbocycles. The number of imidazole rings is 1. The Balaban J connectivity index is 0.00000156. The Hall–Kier alpha value is -1.36. The molecule has 2 fully saturated rings. The summed E-state index contributed by atoms with van der Waals surface area (Å²) in [5.74, 6) is 1.15. The molecule has 0 bridgehead atoms. The largest absolute Gasteiger partial charge is 0.317 e. The summed E-state index contributed by atoms with van der Waals surface area (Å²) in [6, 6.07) is 10.5. The van der Waals surface area contributed by atoms with Gasteiger partial charge in [0.1, 0.15) is 5.82 Å². The van der Waals surface area contributed by atoms with Crippen LogP contribution in [0.3, 0.4) is 0 Å². The highest BCUT2D eigenvalue weighted by atomic mass is 35.5. The van der Waals surface area contributed by atoms with E-state index in [1.54, 1.807) is 0 Å². The molecule has 1 aromatic heterocycles. The minimum Gasteiger partial charge on any atom is -0.317 e. The number of piperidine rings is 1. The van der Waals surface area contributed by atoms with E-state index in [4.69, 9.17) is 0 Å². The third-order valence-corrected chi connectivity index (χ3v) is 5.30. The van der Waals surface area contributed by atoms with Gasteiger partial charge in [0.15, 0.2) is 0 Å². The Kier molecular flexibility index (Phi) is 5.05. The molecule has 0 radical (unpaired) electrons. The normalized spacial score (nSPS) is 20.5. The van der Waals surface area contributed by atoms with E-state index in [1.807, 2.05) is 6.20 Å². The Labute approximate surface area is 144 Å². The van der Waals surface area contributed by atoms with E-state index in [-0.39, 0.29) is 12.4 Å². The Morgan fingerprint density at radius 3 is 2.65 bits per heavy atom. The molecule has 1 aromatic carbocycles. The van der Waals surface area contributed by atoms with Crippen molar-refractivity contribution in [3.05, 3.63) is 48.5 Å². The monoisotopic (exact) mass is 332 g/mol. The number of hydrogen-bond donors (Lipinski definition) is 1. The summed E-state index contributed by atoms with van der Waals surface area (Å²) in [5, 5.41) is 3.49. The number of para-hydroxylation sites is 1. The van der Waals surface area contributed by atoms with Gasteiger partial charge in [0.2, 0.25) is 0 Å². The molecular formula is C18H25ClN4. The second-order valence-corrected chi connectivity index (χ2v) is 6.76. The summed E-state index contributed by atoms with van der Waals surface area (Å²) >= 11 is 0. The zero-order valence-electron chi connectivity index (χ0n) is 13.4. The predicted molar refractivity (Wildman–Crippen MR) is 95.2 cm³/mol. The maximum atomic E-state index is 4.60. The van der Waals surface area contributed by atoms with Crippen molar-refractivity contribution in [3.63, 3.8) is 0 Å². The van der Waals surface area contributed by atoms with Gasteiger partial charge in [-0.15, -0.1) is 12.4 Å². The van der Waals surface area contributed by atoms with Gasteiger partial charge < -0.3 is 9.88 Å². The van der Waals surface area contributed by atoms with Crippen LogP contribution in [-0.2, 0) is 6.54 Å². The predicted octanol–water partition coefficient (Wildman–Crippen LogP) is 2.87. The third-order valence-electron chi connectivity index (χ3n) is 5.30. The average molecular weight is 333 g/mol. The van der Waals surface area contributed by atoms with Crippen LogP contribution in [0.15, 0.2) is 42.7 Å². The molecule has 0 atom stereocenters. The smallest absolute Gasteiger partial charge is 0.127 e. The van der Waals surface area contributed by atoms with Gasteiger partial charge in [-0.05, 0) is 56.4 Å². The molecule has 2 aromatic rings. The number of likely N-dealkylation sites (tertiary alicyclic amines) is 1. The zero-order chi connectivity index (χ0) is 14.8. The molecule has 4 rings (SSSR count). The highest BCUT2D eigenvalue weighted by molar-refractivity contribution is 5.85. The van der Waals surface area contributed by atoms with Gasteiger partial charge >= 0.3 is 0 Å². The molecule has 2 aliphatic heterocycles. The molecule has 1 N–H and O–H groups in total. The van der Waals surface area contributed by atoms with Crippen LogP contribution in [0.4, 0.5) is 0 Å². The van der Waals surface area contributed by atoms with Gasteiger partial charge in [0, 0.05) is 24.6 Å². The lowest BCUT2D eigenvalue weighted by molar-refractivity contribution is 0.192. The topological polar surface area (TPSA) is 33.1 Å². The first kappa shape index (κ1) is 16.5. The van der Waals surface area contributed by atoms with Gasteiger partial charge in [-0.25, -0.2) is 4.98 Å². The van der Waals surface area contributed by atoms with Crippen LogP contribution in [-0.4, -0.2) is 40.6 Å². The fourth-order valence-corrected chi connectivity index (χ4v) is 4.00. The lowest BCUT2D eigenvalue weighted by Crippen LogP contribution is -2.38. The van der Waals surface area contributed by atoms with Gasteiger partial charge in [-0.2, -0.15) is 0 Å². The Morgan fingerprint density at radius 1 is 1.09 bits per heavy atom. The standard InChI is InChI=1S/C18H24N4.ClH/c1-2-4-16(5-3-1)22-13-11-20-17(22)14-21-12-8-18(15-21)6-9-19-10-7-18;/h1-5,11,13,19H,6-10,12,14-15H2;1H. The molecule has 124 valence electrons. The summed E-state index contributed by atoms with van der Waals surface area (Å²) in [4.78, 5) is 7.19. The number of nitrogens with zero attached hydrogens (tertiary/aromatic N) is 3. The van der Waals surface area contributed by atoms with Crippen LogP contribution in [0.25, 0.3) is 5.69 Å². The van der Waals surface area contributed by atoms with Gasteiger partial charge in [-0.3, -0.25) is 4.90 Å². The summed E-state index contributed by atoms with van der Waals surface area (Å²) in [6.07, 6.45) is 7.99. The SMILES string of the molecule is Cl.c1ccc(-n2ccnc2CN2CCC3(CCNCC3)C2)cc1. The van der Waals surface area contributed by atoms with Crippen LogP contribution in [0.1, 0.15) is 25.1 Å². The van der Waals surface area contributed by atoms with E-state index >= 15 is 0 Å². The van der Waals surface area contributed by atoms with Crippen molar-refractivity contribution in [1.82, 2.24) is 19.8 Å². The van der Waals surface area contributed by atoms with Crippen molar-refractivity contribution in [3.8, 4) is 5.69 Å².